The Morgan fingerprint density at radius 2 is 2.36 bits per heavy atom. The number of hydrogen-bond donors (Lipinski definition) is 2. The highest BCUT2D eigenvalue weighted by Crippen LogP contribution is 2.13. The molecule has 14 heavy (non-hydrogen) atoms. The Balaban J connectivity index is 2.26. The normalized spacial score (nSPS) is 9.50. The maximum absolute atomic E-state index is 11.1. The van der Waals surface area contributed by atoms with Crippen LogP contribution in [0.25, 0.3) is 0 Å². The molecular weight excluding hydrogens is 248 g/mol. The predicted molar refractivity (Wildman–Crippen MR) is 56.8 cm³/mol. The summed E-state index contributed by atoms with van der Waals surface area (Å²) in [4.78, 5) is 11.1. The molecule has 0 saturated heterocycles. The molecule has 0 aromatic carbocycles. The van der Waals surface area contributed by atoms with Gasteiger partial charge < -0.3 is 15.1 Å². The second kappa shape index (κ2) is 5.49. The maximum atomic E-state index is 11.1. The molecule has 1 aromatic rings. The van der Waals surface area contributed by atoms with E-state index in [2.05, 4.69) is 33.1 Å². The van der Waals surface area contributed by atoms with Crippen molar-refractivity contribution in [2.75, 3.05) is 6.54 Å². The minimum atomic E-state index is -0.238. The fraction of sp³-hybridized carbons (Fsp3) is 0.222. The SMILES string of the molecule is C=CCNC(=O)NCc1ccc(Br)o1. The lowest BCUT2D eigenvalue weighted by Crippen LogP contribution is -2.34. The summed E-state index contributed by atoms with van der Waals surface area (Å²) in [6.07, 6.45) is 1.61. The van der Waals surface area contributed by atoms with Crippen LogP contribution in [0.3, 0.4) is 0 Å². The van der Waals surface area contributed by atoms with Crippen LogP contribution in [0.5, 0.6) is 0 Å². The second-order valence-electron chi connectivity index (χ2n) is 2.56. The van der Waals surface area contributed by atoms with Gasteiger partial charge in [0, 0.05) is 6.54 Å². The summed E-state index contributed by atoms with van der Waals surface area (Å²) < 4.78 is 5.85. The summed E-state index contributed by atoms with van der Waals surface area (Å²) in [7, 11) is 0. The average molecular weight is 259 g/mol. The van der Waals surface area contributed by atoms with Gasteiger partial charge in [-0.05, 0) is 28.1 Å². The topological polar surface area (TPSA) is 54.3 Å². The number of rotatable bonds is 4. The first kappa shape index (κ1) is 10.8. The Labute approximate surface area is 90.5 Å². The maximum Gasteiger partial charge on any atom is 0.315 e. The first-order valence-corrected chi connectivity index (χ1v) is 4.88. The van der Waals surface area contributed by atoms with Gasteiger partial charge in [-0.3, -0.25) is 0 Å². The first-order valence-electron chi connectivity index (χ1n) is 4.09. The van der Waals surface area contributed by atoms with Crippen LogP contribution >= 0.6 is 15.9 Å². The molecular formula is C9H11BrN2O2. The number of furan rings is 1. The molecule has 0 bridgehead atoms. The van der Waals surface area contributed by atoms with Crippen LogP contribution in [0.4, 0.5) is 4.79 Å². The molecule has 0 aliphatic carbocycles. The van der Waals surface area contributed by atoms with Crippen LogP contribution in [-0.4, -0.2) is 12.6 Å². The fourth-order valence-corrected chi connectivity index (χ4v) is 1.18. The van der Waals surface area contributed by atoms with Crippen molar-refractivity contribution in [3.05, 3.63) is 35.2 Å². The smallest absolute Gasteiger partial charge is 0.315 e. The summed E-state index contributed by atoms with van der Waals surface area (Å²) >= 11 is 3.17. The molecule has 0 fully saturated rings. The highest BCUT2D eigenvalue weighted by molar-refractivity contribution is 9.10. The molecule has 76 valence electrons. The quantitative estimate of drug-likeness (QED) is 0.813. The van der Waals surface area contributed by atoms with E-state index in [-0.39, 0.29) is 6.03 Å². The lowest BCUT2D eigenvalue weighted by atomic mass is 10.4. The largest absolute Gasteiger partial charge is 0.452 e. The standard InChI is InChI=1S/C9H11BrN2O2/c1-2-5-11-9(13)12-6-7-3-4-8(10)14-7/h2-4H,1,5-6H2,(H2,11,12,13). The Morgan fingerprint density at radius 3 is 2.93 bits per heavy atom. The van der Waals surface area contributed by atoms with E-state index in [1.54, 1.807) is 18.2 Å². The van der Waals surface area contributed by atoms with E-state index in [4.69, 9.17) is 4.42 Å². The third-order valence-corrected chi connectivity index (χ3v) is 1.89. The zero-order chi connectivity index (χ0) is 10.4. The predicted octanol–water partition coefficient (Wildman–Crippen LogP) is 2.03. The molecule has 2 N–H and O–H groups in total. The third-order valence-electron chi connectivity index (χ3n) is 1.46. The zero-order valence-electron chi connectivity index (χ0n) is 7.55. The van der Waals surface area contributed by atoms with Crippen LogP contribution in [0, 0.1) is 0 Å². The molecule has 0 radical (unpaired) electrons. The monoisotopic (exact) mass is 258 g/mol. The average Bonchev–Trinajstić information content (AvgIpc) is 2.58. The molecule has 2 amide bonds. The van der Waals surface area contributed by atoms with E-state index in [0.29, 0.717) is 23.5 Å². The van der Waals surface area contributed by atoms with E-state index in [0.717, 1.165) is 0 Å². The van der Waals surface area contributed by atoms with Gasteiger partial charge >= 0.3 is 6.03 Å². The number of nitrogens with one attached hydrogen (secondary N) is 2. The van der Waals surface area contributed by atoms with Crippen molar-refractivity contribution >= 4 is 22.0 Å². The van der Waals surface area contributed by atoms with E-state index in [9.17, 15) is 4.79 Å². The van der Waals surface area contributed by atoms with Gasteiger partial charge in [0.05, 0.1) is 6.54 Å². The van der Waals surface area contributed by atoms with Crippen molar-refractivity contribution in [3.63, 3.8) is 0 Å². The van der Waals surface area contributed by atoms with Crippen molar-refractivity contribution in [1.29, 1.82) is 0 Å². The number of hydrogen-bond acceptors (Lipinski definition) is 2. The number of carbonyl (C=O) groups excluding carboxylic acids is 1. The lowest BCUT2D eigenvalue weighted by Gasteiger charge is -2.03. The van der Waals surface area contributed by atoms with Crippen molar-refractivity contribution in [2.24, 2.45) is 0 Å². The summed E-state index contributed by atoms with van der Waals surface area (Å²) in [5.74, 6) is 0.700. The van der Waals surface area contributed by atoms with Crippen molar-refractivity contribution in [1.82, 2.24) is 10.6 Å². The minimum absolute atomic E-state index is 0.238. The van der Waals surface area contributed by atoms with E-state index in [1.165, 1.54) is 0 Å². The summed E-state index contributed by atoms with van der Waals surface area (Å²) in [6, 6.07) is 3.33. The van der Waals surface area contributed by atoms with Crippen molar-refractivity contribution < 1.29 is 9.21 Å². The first-order chi connectivity index (χ1) is 6.72. The number of carbonyl (C=O) groups is 1. The number of urea groups is 1. The number of halogens is 1. The van der Waals surface area contributed by atoms with Gasteiger partial charge in [-0.25, -0.2) is 4.79 Å². The van der Waals surface area contributed by atoms with Gasteiger partial charge in [0.25, 0.3) is 0 Å². The molecule has 0 aliphatic heterocycles. The lowest BCUT2D eigenvalue weighted by molar-refractivity contribution is 0.240. The van der Waals surface area contributed by atoms with Gasteiger partial charge in [0.15, 0.2) is 4.67 Å². The van der Waals surface area contributed by atoms with Crippen molar-refractivity contribution in [2.45, 2.75) is 6.54 Å². The number of amides is 2. The Morgan fingerprint density at radius 1 is 1.57 bits per heavy atom. The molecule has 0 atom stereocenters. The van der Waals surface area contributed by atoms with Gasteiger partial charge in [0.2, 0.25) is 0 Å². The molecule has 0 aliphatic rings. The second-order valence-corrected chi connectivity index (χ2v) is 3.34. The summed E-state index contributed by atoms with van der Waals surface area (Å²) in [5, 5.41) is 5.22. The molecule has 1 aromatic heterocycles. The summed E-state index contributed by atoms with van der Waals surface area (Å²) in [5.41, 5.74) is 0. The molecule has 0 unspecified atom stereocenters. The molecule has 4 nitrogen and oxygen atoms in total. The van der Waals surface area contributed by atoms with Gasteiger partial charge in [-0.2, -0.15) is 0 Å². The highest BCUT2D eigenvalue weighted by Gasteiger charge is 2.01. The Bertz CT molecular complexity index is 322. The van der Waals surface area contributed by atoms with Crippen LogP contribution < -0.4 is 10.6 Å². The molecule has 1 heterocycles. The van der Waals surface area contributed by atoms with Gasteiger partial charge in [-0.15, -0.1) is 6.58 Å². The Kier molecular flexibility index (Phi) is 4.25. The molecule has 1 rings (SSSR count). The van der Waals surface area contributed by atoms with Crippen LogP contribution in [0.2, 0.25) is 0 Å². The molecule has 5 heteroatoms. The molecule has 0 spiro atoms. The zero-order valence-corrected chi connectivity index (χ0v) is 9.13. The van der Waals surface area contributed by atoms with Crippen LogP contribution in [0.15, 0.2) is 33.9 Å². The minimum Gasteiger partial charge on any atom is -0.452 e. The third kappa shape index (κ3) is 3.66. The summed E-state index contributed by atoms with van der Waals surface area (Å²) in [6.45, 7) is 4.31. The van der Waals surface area contributed by atoms with Gasteiger partial charge in [0.1, 0.15) is 5.76 Å². The van der Waals surface area contributed by atoms with Gasteiger partial charge in [-0.1, -0.05) is 6.08 Å². The van der Waals surface area contributed by atoms with E-state index in [1.807, 2.05) is 0 Å². The Hall–Kier alpha value is -1.23. The van der Waals surface area contributed by atoms with Crippen LogP contribution in [0.1, 0.15) is 5.76 Å². The fourth-order valence-electron chi connectivity index (χ4n) is 0.842. The van der Waals surface area contributed by atoms with Crippen molar-refractivity contribution in [3.8, 4) is 0 Å². The van der Waals surface area contributed by atoms with Crippen LogP contribution in [-0.2, 0) is 6.54 Å². The molecule has 0 saturated carbocycles. The van der Waals surface area contributed by atoms with E-state index < -0.39 is 0 Å². The van der Waals surface area contributed by atoms with E-state index >= 15 is 0 Å². The highest BCUT2D eigenvalue weighted by atomic mass is 79.9.